The van der Waals surface area contributed by atoms with E-state index in [2.05, 4.69) is 56.1 Å². The third-order valence-electron chi connectivity index (χ3n) is 4.79. The Morgan fingerprint density at radius 1 is 1.00 bits per heavy atom. The van der Waals surface area contributed by atoms with Gasteiger partial charge in [-0.25, -0.2) is 0 Å². The second-order valence-electron chi connectivity index (χ2n) is 7.79. The summed E-state index contributed by atoms with van der Waals surface area (Å²) < 4.78 is 11.0. The number of hydrogen-bond donors (Lipinski definition) is 1. The Morgan fingerprint density at radius 2 is 1.64 bits per heavy atom. The van der Waals surface area contributed by atoms with Crippen molar-refractivity contribution in [1.82, 2.24) is 10.2 Å². The number of allylic oxidation sites excluding steroid dienone is 5. The molecule has 0 aromatic rings. The number of nitrogens with one attached hydrogen (secondary N) is 1. The van der Waals surface area contributed by atoms with Gasteiger partial charge in [-0.3, -0.25) is 4.90 Å². The third kappa shape index (κ3) is 13.9. The molecule has 0 atom stereocenters. The Kier molecular flexibility index (Phi) is 14.0. The van der Waals surface area contributed by atoms with Gasteiger partial charge in [0.25, 0.3) is 5.17 Å². The summed E-state index contributed by atoms with van der Waals surface area (Å²) in [6.45, 7) is 15.0. The van der Waals surface area contributed by atoms with Gasteiger partial charge >= 0.3 is 0 Å². The third-order valence-corrected chi connectivity index (χ3v) is 5.06. The lowest BCUT2D eigenvalue weighted by Gasteiger charge is -2.26. The van der Waals surface area contributed by atoms with Gasteiger partial charge in [0.2, 0.25) is 0 Å². The molecule has 1 aliphatic rings. The molecule has 28 heavy (non-hydrogen) atoms. The summed E-state index contributed by atoms with van der Waals surface area (Å²) in [6.07, 6.45) is 12.3. The summed E-state index contributed by atoms with van der Waals surface area (Å²) in [7, 11) is 0. The zero-order chi connectivity index (χ0) is 20.6. The minimum absolute atomic E-state index is 0.501. The van der Waals surface area contributed by atoms with Gasteiger partial charge in [-0.15, -0.1) is 0 Å². The standard InChI is InChI=1S/C23H40N2O2S/c1-20(2)8-5-9-21(3)10-6-11-22(4)12-17-27-23(28)24-13-7-14-25-15-18-26-19-16-25/h8,10,12H,5-7,9,11,13-19H2,1-4H3,(H,24,28)/b21-10+,22-12+. The van der Waals surface area contributed by atoms with E-state index in [0.29, 0.717) is 11.8 Å². The number of nitrogens with zero attached hydrogens (tertiary/aromatic N) is 1. The van der Waals surface area contributed by atoms with E-state index in [4.69, 9.17) is 21.7 Å². The van der Waals surface area contributed by atoms with Crippen LogP contribution in [0.25, 0.3) is 0 Å². The smallest absolute Gasteiger partial charge is 0.256 e. The highest BCUT2D eigenvalue weighted by atomic mass is 32.1. The average molecular weight is 409 g/mol. The number of morpholine rings is 1. The van der Waals surface area contributed by atoms with Gasteiger partial charge in [-0.05, 0) is 84.6 Å². The van der Waals surface area contributed by atoms with Gasteiger partial charge in [0, 0.05) is 19.6 Å². The molecule has 1 fully saturated rings. The van der Waals surface area contributed by atoms with Crippen molar-refractivity contribution in [3.63, 3.8) is 0 Å². The molecular formula is C23H40N2O2S. The second kappa shape index (κ2) is 15.7. The highest BCUT2D eigenvalue weighted by Gasteiger charge is 2.09. The molecule has 1 heterocycles. The van der Waals surface area contributed by atoms with Crippen LogP contribution >= 0.6 is 12.2 Å². The Balaban J connectivity index is 2.06. The lowest BCUT2D eigenvalue weighted by Crippen LogP contribution is -2.38. The molecule has 1 N–H and O–H groups in total. The topological polar surface area (TPSA) is 33.7 Å². The summed E-state index contributed by atoms with van der Waals surface area (Å²) in [6, 6.07) is 0. The average Bonchev–Trinajstić information content (AvgIpc) is 2.66. The van der Waals surface area contributed by atoms with Crippen molar-refractivity contribution in [3.05, 3.63) is 34.9 Å². The van der Waals surface area contributed by atoms with Crippen molar-refractivity contribution in [1.29, 1.82) is 0 Å². The first-order valence-corrected chi connectivity index (χ1v) is 11.0. The van der Waals surface area contributed by atoms with E-state index in [1.807, 2.05) is 0 Å². The Morgan fingerprint density at radius 3 is 2.32 bits per heavy atom. The molecule has 1 aliphatic heterocycles. The van der Waals surface area contributed by atoms with Crippen LogP contribution in [-0.2, 0) is 9.47 Å². The Labute approximate surface area is 178 Å². The van der Waals surface area contributed by atoms with E-state index in [-0.39, 0.29) is 0 Å². The summed E-state index contributed by atoms with van der Waals surface area (Å²) in [5, 5.41) is 3.69. The monoisotopic (exact) mass is 408 g/mol. The molecule has 1 saturated heterocycles. The van der Waals surface area contributed by atoms with Crippen LogP contribution in [0.5, 0.6) is 0 Å². The van der Waals surface area contributed by atoms with Crippen LogP contribution in [0, 0.1) is 0 Å². The molecule has 4 nitrogen and oxygen atoms in total. The first kappa shape index (κ1) is 24.9. The molecule has 0 aromatic carbocycles. The molecule has 0 bridgehead atoms. The maximum atomic E-state index is 5.60. The van der Waals surface area contributed by atoms with Gasteiger partial charge in [0.15, 0.2) is 0 Å². The van der Waals surface area contributed by atoms with Crippen LogP contribution in [0.1, 0.15) is 59.8 Å². The minimum atomic E-state index is 0.501. The molecule has 0 aromatic heterocycles. The van der Waals surface area contributed by atoms with E-state index in [9.17, 15) is 0 Å². The highest BCUT2D eigenvalue weighted by Crippen LogP contribution is 2.11. The molecule has 0 amide bonds. The fourth-order valence-corrected chi connectivity index (χ4v) is 3.14. The normalized spacial score (nSPS) is 16.0. The molecule has 0 unspecified atom stereocenters. The van der Waals surface area contributed by atoms with Gasteiger partial charge in [0.1, 0.15) is 6.61 Å². The zero-order valence-electron chi connectivity index (χ0n) is 18.4. The lowest BCUT2D eigenvalue weighted by molar-refractivity contribution is 0.0375. The Hall–Kier alpha value is -1.17. The fraction of sp³-hybridized carbons (Fsp3) is 0.696. The van der Waals surface area contributed by atoms with Crippen LogP contribution in [0.2, 0.25) is 0 Å². The van der Waals surface area contributed by atoms with E-state index < -0.39 is 0 Å². The number of ether oxygens (including phenoxy) is 2. The molecule has 0 aliphatic carbocycles. The number of thiocarbonyl (C=S) groups is 1. The van der Waals surface area contributed by atoms with E-state index in [0.717, 1.165) is 71.5 Å². The summed E-state index contributed by atoms with van der Waals surface area (Å²) >= 11 is 5.25. The maximum absolute atomic E-state index is 5.60. The van der Waals surface area contributed by atoms with Gasteiger partial charge in [0.05, 0.1) is 13.2 Å². The van der Waals surface area contributed by atoms with Gasteiger partial charge in [-0.2, -0.15) is 0 Å². The van der Waals surface area contributed by atoms with Crippen LogP contribution in [0.3, 0.4) is 0 Å². The number of rotatable bonds is 12. The summed E-state index contributed by atoms with van der Waals surface area (Å²) in [4.78, 5) is 2.43. The van der Waals surface area contributed by atoms with Crippen LogP contribution in [0.4, 0.5) is 0 Å². The molecule has 0 saturated carbocycles. The summed E-state index contributed by atoms with van der Waals surface area (Å²) in [5.41, 5.74) is 4.23. The second-order valence-corrected chi connectivity index (χ2v) is 8.16. The van der Waals surface area contributed by atoms with Crippen LogP contribution in [0.15, 0.2) is 34.9 Å². The van der Waals surface area contributed by atoms with Crippen molar-refractivity contribution in [2.24, 2.45) is 0 Å². The molecule has 5 heteroatoms. The van der Waals surface area contributed by atoms with Crippen molar-refractivity contribution in [2.45, 2.75) is 59.8 Å². The van der Waals surface area contributed by atoms with Crippen LogP contribution < -0.4 is 5.32 Å². The maximum Gasteiger partial charge on any atom is 0.256 e. The SMILES string of the molecule is CC(C)=CCC/C(C)=C/CC/C(C)=C/COC(=S)NCCCN1CCOCC1. The first-order valence-electron chi connectivity index (χ1n) is 10.6. The fourth-order valence-electron chi connectivity index (χ4n) is 2.97. The quantitative estimate of drug-likeness (QED) is 0.279. The van der Waals surface area contributed by atoms with Gasteiger partial charge in [-0.1, -0.05) is 28.9 Å². The van der Waals surface area contributed by atoms with E-state index in [1.54, 1.807) is 0 Å². The summed E-state index contributed by atoms with van der Waals surface area (Å²) in [5.74, 6) is 0. The van der Waals surface area contributed by atoms with Crippen molar-refractivity contribution >= 4 is 17.4 Å². The van der Waals surface area contributed by atoms with Crippen molar-refractivity contribution in [3.8, 4) is 0 Å². The molecule has 0 spiro atoms. The molecule has 1 rings (SSSR count). The Bertz CT molecular complexity index is 531. The predicted molar refractivity (Wildman–Crippen MR) is 124 cm³/mol. The van der Waals surface area contributed by atoms with E-state index >= 15 is 0 Å². The number of hydrogen-bond acceptors (Lipinski definition) is 4. The first-order chi connectivity index (χ1) is 13.5. The predicted octanol–water partition coefficient (Wildman–Crippen LogP) is 5.02. The van der Waals surface area contributed by atoms with Crippen molar-refractivity contribution in [2.75, 3.05) is 46.0 Å². The minimum Gasteiger partial charge on any atom is -0.467 e. The molecule has 0 radical (unpaired) electrons. The molecule has 160 valence electrons. The lowest BCUT2D eigenvalue weighted by atomic mass is 10.1. The van der Waals surface area contributed by atoms with E-state index in [1.165, 1.54) is 16.7 Å². The van der Waals surface area contributed by atoms with Crippen molar-refractivity contribution < 1.29 is 9.47 Å². The highest BCUT2D eigenvalue weighted by molar-refractivity contribution is 7.80. The molecular weight excluding hydrogens is 368 g/mol. The largest absolute Gasteiger partial charge is 0.467 e. The zero-order valence-corrected chi connectivity index (χ0v) is 19.2. The van der Waals surface area contributed by atoms with Gasteiger partial charge < -0.3 is 14.8 Å². The van der Waals surface area contributed by atoms with Crippen LogP contribution in [-0.4, -0.2) is 56.1 Å².